The molecule has 4 atom stereocenters. The normalized spacial score (nSPS) is 28.4. The van der Waals surface area contributed by atoms with Crippen LogP contribution in [0, 0.1) is 23.7 Å². The number of carbonyl (C=O) groups is 2. The maximum absolute atomic E-state index is 13.3. The van der Waals surface area contributed by atoms with E-state index in [4.69, 9.17) is 9.47 Å². The molecule has 1 saturated heterocycles. The molecule has 4 saturated carbocycles. The van der Waals surface area contributed by atoms with Crippen LogP contribution in [0.4, 0.5) is 10.5 Å². The first-order chi connectivity index (χ1) is 26.2. The average Bonchev–Trinajstić information content (AvgIpc) is 3.16. The van der Waals surface area contributed by atoms with Crippen LogP contribution in [0.5, 0.6) is 0 Å². The summed E-state index contributed by atoms with van der Waals surface area (Å²) >= 11 is 1.72. The van der Waals surface area contributed by atoms with Gasteiger partial charge in [0, 0.05) is 46.8 Å². The fourth-order valence-corrected chi connectivity index (χ4v) is 10.9. The number of hydrogen-bond donors (Lipinski definition) is 4. The monoisotopic (exact) mass is 745 g/mol. The minimum Gasteiger partial charge on any atom is -0.392 e. The van der Waals surface area contributed by atoms with Gasteiger partial charge in [-0.1, -0.05) is 79.7 Å². The molecule has 282 valence electrons. The fourth-order valence-electron chi connectivity index (χ4n) is 9.83. The van der Waals surface area contributed by atoms with Gasteiger partial charge < -0.3 is 30.5 Å². The average molecular weight is 746 g/mol. The van der Waals surface area contributed by atoms with Gasteiger partial charge in [-0.3, -0.25) is 4.79 Å². The van der Waals surface area contributed by atoms with E-state index in [9.17, 15) is 14.7 Å². The standard InChI is InChI=1S/C45H51N3O5S/c1-28-41(27-54-39-17-15-38(16-18-39)47-29(2)50)52-43(53-42(28)35-9-7-30(26-49)8-10-35)36-13-11-34(12-14-36)40-6-4-3-5-37(40)25-46-44(51)48-45-22-31-19-32(23-45)21-33(20-31)24-45/h3-18,28,31-33,41-43,49H,19-27H2,1-2H3,(H,47,50)(H2,46,48,51)/t28-,31?,32?,33?,41+,42+,43+,45?/m0/s1. The second-order valence-corrected chi connectivity index (χ2v) is 17.2. The maximum atomic E-state index is 13.3. The van der Waals surface area contributed by atoms with Crippen LogP contribution >= 0.6 is 11.8 Å². The predicted molar refractivity (Wildman–Crippen MR) is 213 cm³/mol. The zero-order valence-corrected chi connectivity index (χ0v) is 31.9. The van der Waals surface area contributed by atoms with Gasteiger partial charge in [0.25, 0.3) is 0 Å². The molecule has 3 amide bonds. The summed E-state index contributed by atoms with van der Waals surface area (Å²) < 4.78 is 13.4. The number of carbonyl (C=O) groups excluding carboxylic acids is 2. The van der Waals surface area contributed by atoms with Gasteiger partial charge in [-0.05, 0) is 108 Å². The van der Waals surface area contributed by atoms with E-state index in [1.54, 1.807) is 11.8 Å². The summed E-state index contributed by atoms with van der Waals surface area (Å²) in [6.45, 7) is 4.12. The SMILES string of the molecule is CC(=O)Nc1ccc(SC[C@H]2O[C@@H](c3ccc(-c4ccccc4CNC(=O)NC45CC6CC(CC(C6)C4)C5)cc3)O[C@@H](c3ccc(CO)cc3)[C@H]2C)cc1. The molecule has 4 aliphatic carbocycles. The van der Waals surface area contributed by atoms with Gasteiger partial charge in [-0.25, -0.2) is 4.79 Å². The molecule has 5 fully saturated rings. The minimum absolute atomic E-state index is 0.00629. The van der Waals surface area contributed by atoms with Crippen molar-refractivity contribution < 1.29 is 24.2 Å². The fraction of sp³-hybridized carbons (Fsp3) is 0.422. The van der Waals surface area contributed by atoms with Crippen LogP contribution in [0.3, 0.4) is 0 Å². The quantitative estimate of drug-likeness (QED) is 0.114. The number of amides is 3. The molecular weight excluding hydrogens is 695 g/mol. The Morgan fingerprint density at radius 1 is 0.815 bits per heavy atom. The molecule has 9 rings (SSSR count). The summed E-state index contributed by atoms with van der Waals surface area (Å²) in [5, 5.41) is 19.1. The van der Waals surface area contributed by atoms with E-state index in [0.717, 1.165) is 86.7 Å². The highest BCUT2D eigenvalue weighted by Crippen LogP contribution is 2.55. The van der Waals surface area contributed by atoms with Crippen molar-refractivity contribution in [1.82, 2.24) is 10.6 Å². The van der Waals surface area contributed by atoms with Gasteiger partial charge in [0.1, 0.15) is 0 Å². The van der Waals surface area contributed by atoms with E-state index in [1.165, 1.54) is 26.2 Å². The largest absolute Gasteiger partial charge is 0.392 e. The van der Waals surface area contributed by atoms with E-state index in [0.29, 0.717) is 6.54 Å². The van der Waals surface area contributed by atoms with Crippen molar-refractivity contribution in [2.24, 2.45) is 23.7 Å². The molecule has 1 aliphatic heterocycles. The summed E-state index contributed by atoms with van der Waals surface area (Å²) in [5.41, 5.74) is 6.81. The number of urea groups is 1. The summed E-state index contributed by atoms with van der Waals surface area (Å²) in [6, 6.07) is 32.4. The number of nitrogens with one attached hydrogen (secondary N) is 3. The van der Waals surface area contributed by atoms with Crippen LogP contribution in [0.2, 0.25) is 0 Å². The van der Waals surface area contributed by atoms with Crippen molar-refractivity contribution in [1.29, 1.82) is 0 Å². The van der Waals surface area contributed by atoms with Gasteiger partial charge in [0.2, 0.25) is 5.91 Å². The van der Waals surface area contributed by atoms with E-state index >= 15 is 0 Å². The molecule has 0 aromatic heterocycles. The molecule has 54 heavy (non-hydrogen) atoms. The number of anilines is 1. The second-order valence-electron chi connectivity index (χ2n) is 16.1. The van der Waals surface area contributed by atoms with Crippen molar-refractivity contribution in [2.75, 3.05) is 11.1 Å². The Morgan fingerprint density at radius 3 is 2.11 bits per heavy atom. The topological polar surface area (TPSA) is 109 Å². The third kappa shape index (κ3) is 8.25. The van der Waals surface area contributed by atoms with Crippen molar-refractivity contribution in [2.45, 2.75) is 94.5 Å². The zero-order chi connectivity index (χ0) is 37.2. The van der Waals surface area contributed by atoms with E-state index < -0.39 is 6.29 Å². The van der Waals surface area contributed by atoms with Crippen LogP contribution in [0.1, 0.15) is 87.0 Å². The molecule has 9 heteroatoms. The Bertz CT molecular complexity index is 1900. The van der Waals surface area contributed by atoms with Crippen LogP contribution in [-0.2, 0) is 27.4 Å². The molecule has 4 N–H and O–H groups in total. The van der Waals surface area contributed by atoms with Crippen molar-refractivity contribution in [3.63, 3.8) is 0 Å². The summed E-state index contributed by atoms with van der Waals surface area (Å²) in [5.74, 6) is 3.03. The Morgan fingerprint density at radius 2 is 1.46 bits per heavy atom. The van der Waals surface area contributed by atoms with Crippen LogP contribution in [-0.4, -0.2) is 34.4 Å². The predicted octanol–water partition coefficient (Wildman–Crippen LogP) is 9.16. The molecule has 1 heterocycles. The zero-order valence-electron chi connectivity index (χ0n) is 31.1. The van der Waals surface area contributed by atoms with Gasteiger partial charge in [0.15, 0.2) is 6.29 Å². The highest BCUT2D eigenvalue weighted by molar-refractivity contribution is 7.99. The highest BCUT2D eigenvalue weighted by Gasteiger charge is 2.51. The Hall–Kier alpha value is -4.15. The first-order valence-corrected chi connectivity index (χ1v) is 20.5. The smallest absolute Gasteiger partial charge is 0.315 e. The maximum Gasteiger partial charge on any atom is 0.315 e. The first kappa shape index (κ1) is 36.8. The lowest BCUT2D eigenvalue weighted by Crippen LogP contribution is -2.61. The second kappa shape index (κ2) is 15.9. The number of hydrogen-bond acceptors (Lipinski definition) is 6. The summed E-state index contributed by atoms with van der Waals surface area (Å²) in [7, 11) is 0. The van der Waals surface area contributed by atoms with Gasteiger partial charge in [-0.15, -0.1) is 11.8 Å². The van der Waals surface area contributed by atoms with Crippen LogP contribution < -0.4 is 16.0 Å². The van der Waals surface area contributed by atoms with E-state index in [2.05, 4.69) is 59.3 Å². The number of benzene rings is 4. The number of rotatable bonds is 11. The number of ether oxygens (including phenoxy) is 2. The number of aliphatic hydroxyl groups is 1. The van der Waals surface area contributed by atoms with E-state index in [1.807, 2.05) is 60.7 Å². The Labute approximate surface area is 322 Å². The summed E-state index contributed by atoms with van der Waals surface area (Å²) in [6.07, 6.45) is 6.56. The Kier molecular flexibility index (Phi) is 10.8. The molecule has 0 unspecified atom stereocenters. The minimum atomic E-state index is -0.573. The van der Waals surface area contributed by atoms with Crippen molar-refractivity contribution >= 4 is 29.4 Å². The molecule has 0 spiro atoms. The third-order valence-electron chi connectivity index (χ3n) is 12.1. The summed E-state index contributed by atoms with van der Waals surface area (Å²) in [4.78, 5) is 25.8. The molecule has 4 aromatic rings. The van der Waals surface area contributed by atoms with E-state index in [-0.39, 0.29) is 42.2 Å². The molecular formula is C45H51N3O5S. The molecule has 4 bridgehead atoms. The Balaban J connectivity index is 0.955. The lowest BCUT2D eigenvalue weighted by atomic mass is 9.53. The third-order valence-corrected chi connectivity index (χ3v) is 13.2. The number of aliphatic hydroxyl groups excluding tert-OH is 1. The molecule has 8 nitrogen and oxygen atoms in total. The van der Waals surface area contributed by atoms with Gasteiger partial charge in [-0.2, -0.15) is 0 Å². The first-order valence-electron chi connectivity index (χ1n) is 19.5. The van der Waals surface area contributed by atoms with Crippen LogP contribution in [0.15, 0.2) is 102 Å². The van der Waals surface area contributed by atoms with Crippen molar-refractivity contribution in [3.05, 3.63) is 119 Å². The van der Waals surface area contributed by atoms with Crippen molar-refractivity contribution in [3.8, 4) is 11.1 Å². The highest BCUT2D eigenvalue weighted by atomic mass is 32.2. The van der Waals surface area contributed by atoms with Gasteiger partial charge >= 0.3 is 6.03 Å². The molecule has 0 radical (unpaired) electrons. The lowest BCUT2D eigenvalue weighted by Gasteiger charge is -2.56. The van der Waals surface area contributed by atoms with Gasteiger partial charge in [0.05, 0.1) is 18.8 Å². The molecule has 4 aromatic carbocycles. The lowest BCUT2D eigenvalue weighted by molar-refractivity contribution is -0.268. The van der Waals surface area contributed by atoms with Crippen LogP contribution in [0.25, 0.3) is 11.1 Å². The molecule has 5 aliphatic rings. The number of thioether (sulfide) groups is 1.